The summed E-state index contributed by atoms with van der Waals surface area (Å²) in [6.45, 7) is 3.59. The second-order valence-corrected chi connectivity index (χ2v) is 2.38. The Morgan fingerprint density at radius 1 is 1.56 bits per heavy atom. The van der Waals surface area contributed by atoms with Crippen molar-refractivity contribution in [3.8, 4) is 0 Å². The lowest BCUT2D eigenvalue weighted by Crippen LogP contribution is -2.39. The molecule has 0 bridgehead atoms. The minimum atomic E-state index is -0.856. The first-order valence-electron chi connectivity index (χ1n) is 2.91. The summed E-state index contributed by atoms with van der Waals surface area (Å²) >= 11 is 0. The Hall–Kier alpha value is -0.410. The monoisotopic (exact) mass is 130 g/mol. The first-order valence-corrected chi connectivity index (χ1v) is 2.91. The maximum atomic E-state index is 9.84. The van der Waals surface area contributed by atoms with Crippen molar-refractivity contribution in [1.29, 1.82) is 0 Å². The van der Waals surface area contributed by atoms with Gasteiger partial charge in [-0.2, -0.15) is 0 Å². The lowest BCUT2D eigenvalue weighted by molar-refractivity contribution is 0.117. The van der Waals surface area contributed by atoms with Crippen LogP contribution in [0.25, 0.3) is 0 Å². The lowest BCUT2D eigenvalue weighted by atomic mass is 10.0. The van der Waals surface area contributed by atoms with Gasteiger partial charge in [0.05, 0.1) is 12.1 Å². The molecule has 0 fully saturated rings. The highest BCUT2D eigenvalue weighted by Crippen LogP contribution is 2.01. The maximum Gasteiger partial charge on any atom is 0.219 e. The zero-order chi connectivity index (χ0) is 7.44. The number of carbonyl (C=O) groups excluding carboxylic acids is 1. The third kappa shape index (κ3) is 2.58. The largest absolute Gasteiger partial charge is 0.391 e. The van der Waals surface area contributed by atoms with E-state index in [1.807, 2.05) is 0 Å². The van der Waals surface area contributed by atoms with E-state index in [1.165, 1.54) is 6.29 Å². The number of aliphatic hydroxyl groups excluding tert-OH is 1. The molecule has 3 N–H and O–H groups in total. The molecule has 53 valence electrons. The van der Waals surface area contributed by atoms with E-state index >= 15 is 0 Å². The molecule has 0 rings (SSSR count). The Morgan fingerprint density at radius 3 is 2.11 bits per heavy atom. The molecule has 0 aliphatic heterocycles. The molecule has 0 aromatic rings. The van der Waals surface area contributed by atoms with Crippen LogP contribution < -0.4 is 5.73 Å². The average molecular weight is 130 g/mol. The third-order valence-corrected chi connectivity index (χ3v) is 1.19. The molecular formula is C6H12NO2. The molecule has 0 unspecified atom stereocenters. The van der Waals surface area contributed by atoms with Crippen molar-refractivity contribution in [3.63, 3.8) is 0 Å². The van der Waals surface area contributed by atoms with Crippen molar-refractivity contribution in [2.75, 3.05) is 0 Å². The molecule has 0 spiro atoms. The number of hydrogen-bond donors (Lipinski definition) is 2. The molecule has 3 heteroatoms. The predicted octanol–water partition coefficient (Wildman–Crippen LogP) is -0.560. The van der Waals surface area contributed by atoms with Gasteiger partial charge in [0.1, 0.15) is 0 Å². The van der Waals surface area contributed by atoms with Crippen LogP contribution in [0.1, 0.15) is 13.8 Å². The van der Waals surface area contributed by atoms with Crippen LogP contribution in [-0.4, -0.2) is 23.5 Å². The van der Waals surface area contributed by atoms with E-state index in [2.05, 4.69) is 0 Å². The maximum absolute atomic E-state index is 9.84. The Bertz CT molecular complexity index is 93.1. The molecule has 1 radical (unpaired) electrons. The van der Waals surface area contributed by atoms with E-state index in [0.717, 1.165) is 0 Å². The fourth-order valence-electron chi connectivity index (χ4n) is 0.484. The van der Waals surface area contributed by atoms with E-state index in [1.54, 1.807) is 13.8 Å². The van der Waals surface area contributed by atoms with Crippen molar-refractivity contribution >= 4 is 6.29 Å². The Kier molecular flexibility index (Phi) is 3.42. The van der Waals surface area contributed by atoms with Crippen LogP contribution in [0, 0.1) is 5.92 Å². The van der Waals surface area contributed by atoms with Gasteiger partial charge in [0.2, 0.25) is 6.29 Å². The van der Waals surface area contributed by atoms with Gasteiger partial charge in [-0.3, -0.25) is 4.79 Å². The molecule has 0 aromatic carbocycles. The molecule has 0 amide bonds. The van der Waals surface area contributed by atoms with Crippen molar-refractivity contribution in [2.45, 2.75) is 26.0 Å². The lowest BCUT2D eigenvalue weighted by Gasteiger charge is -2.15. The van der Waals surface area contributed by atoms with Crippen LogP contribution >= 0.6 is 0 Å². The van der Waals surface area contributed by atoms with Gasteiger partial charge in [-0.25, -0.2) is 0 Å². The zero-order valence-electron chi connectivity index (χ0n) is 5.66. The van der Waals surface area contributed by atoms with E-state index in [0.29, 0.717) is 0 Å². The van der Waals surface area contributed by atoms with E-state index in [-0.39, 0.29) is 5.92 Å². The molecular weight excluding hydrogens is 118 g/mol. The number of hydrogen-bond acceptors (Lipinski definition) is 3. The Labute approximate surface area is 54.9 Å². The van der Waals surface area contributed by atoms with Crippen LogP contribution in [-0.2, 0) is 4.79 Å². The van der Waals surface area contributed by atoms with Crippen LogP contribution in [0.4, 0.5) is 0 Å². The average Bonchev–Trinajstić information content (AvgIpc) is 1.84. The smallest absolute Gasteiger partial charge is 0.219 e. The summed E-state index contributed by atoms with van der Waals surface area (Å²) in [6, 6.07) is -0.856. The number of aliphatic hydroxyl groups is 1. The van der Waals surface area contributed by atoms with Crippen LogP contribution in [0.15, 0.2) is 0 Å². The molecule has 0 aliphatic rings. The van der Waals surface area contributed by atoms with Gasteiger partial charge < -0.3 is 10.8 Å². The topological polar surface area (TPSA) is 63.3 Å². The van der Waals surface area contributed by atoms with Gasteiger partial charge in [-0.15, -0.1) is 0 Å². The summed E-state index contributed by atoms with van der Waals surface area (Å²) in [4.78, 5) is 9.84. The van der Waals surface area contributed by atoms with Crippen molar-refractivity contribution < 1.29 is 9.90 Å². The summed E-state index contributed by atoms with van der Waals surface area (Å²) in [5, 5.41) is 9.01. The minimum Gasteiger partial charge on any atom is -0.391 e. The minimum absolute atomic E-state index is 0.0152. The van der Waals surface area contributed by atoms with Crippen molar-refractivity contribution in [2.24, 2.45) is 11.7 Å². The van der Waals surface area contributed by atoms with E-state index < -0.39 is 12.1 Å². The summed E-state index contributed by atoms with van der Waals surface area (Å²) in [5.74, 6) is 0.0152. The highest BCUT2D eigenvalue weighted by molar-refractivity contribution is 5.59. The Morgan fingerprint density at radius 2 is 2.00 bits per heavy atom. The van der Waals surface area contributed by atoms with Gasteiger partial charge in [0, 0.05) is 0 Å². The molecule has 2 atom stereocenters. The SMILES string of the molecule is CC(C)[C@@H](O)[C@H](N)[C]=O. The van der Waals surface area contributed by atoms with Gasteiger partial charge in [-0.05, 0) is 5.92 Å². The second-order valence-electron chi connectivity index (χ2n) is 2.38. The highest BCUT2D eigenvalue weighted by atomic mass is 16.3. The standard InChI is InChI=1S/C6H12NO2/c1-4(2)6(9)5(7)3-8/h4-6,9H,7H2,1-2H3/t5-,6-/m1/s1. The van der Waals surface area contributed by atoms with Crippen LogP contribution in [0.2, 0.25) is 0 Å². The summed E-state index contributed by atoms with van der Waals surface area (Å²) in [5.41, 5.74) is 5.14. The normalized spacial score (nSPS) is 17.4. The van der Waals surface area contributed by atoms with E-state index in [9.17, 15) is 4.79 Å². The summed E-state index contributed by atoms with van der Waals surface area (Å²) in [6.07, 6.45) is 0.762. The molecule has 0 heterocycles. The van der Waals surface area contributed by atoms with Crippen molar-refractivity contribution in [1.82, 2.24) is 0 Å². The predicted molar refractivity (Wildman–Crippen MR) is 34.5 cm³/mol. The van der Waals surface area contributed by atoms with Crippen molar-refractivity contribution in [3.05, 3.63) is 0 Å². The fourth-order valence-corrected chi connectivity index (χ4v) is 0.484. The summed E-state index contributed by atoms with van der Waals surface area (Å²) in [7, 11) is 0. The molecule has 0 saturated heterocycles. The highest BCUT2D eigenvalue weighted by Gasteiger charge is 2.17. The molecule has 0 saturated carbocycles. The number of nitrogens with two attached hydrogens (primary N) is 1. The molecule has 0 aliphatic carbocycles. The number of rotatable bonds is 3. The van der Waals surface area contributed by atoms with Crippen LogP contribution in [0.5, 0.6) is 0 Å². The second kappa shape index (κ2) is 3.58. The van der Waals surface area contributed by atoms with Gasteiger partial charge in [0.25, 0.3) is 0 Å². The molecule has 0 aromatic heterocycles. The van der Waals surface area contributed by atoms with Gasteiger partial charge >= 0.3 is 0 Å². The quantitative estimate of drug-likeness (QED) is 0.538. The van der Waals surface area contributed by atoms with Gasteiger partial charge in [-0.1, -0.05) is 13.8 Å². The fraction of sp³-hybridized carbons (Fsp3) is 0.833. The van der Waals surface area contributed by atoms with E-state index in [4.69, 9.17) is 10.8 Å². The molecule has 9 heavy (non-hydrogen) atoms. The first-order chi connectivity index (χ1) is 4.09. The zero-order valence-corrected chi connectivity index (χ0v) is 5.66. The third-order valence-electron chi connectivity index (χ3n) is 1.19. The Balaban J connectivity index is 3.71. The van der Waals surface area contributed by atoms with Gasteiger partial charge in [0.15, 0.2) is 0 Å². The molecule has 3 nitrogen and oxygen atoms in total. The van der Waals surface area contributed by atoms with Crippen LogP contribution in [0.3, 0.4) is 0 Å². The first kappa shape index (κ1) is 8.59. The summed E-state index contributed by atoms with van der Waals surface area (Å²) < 4.78 is 0.